The minimum Gasteiger partial charge on any atom is -0.310 e. The first-order chi connectivity index (χ1) is 8.78. The highest BCUT2D eigenvalue weighted by Gasteiger charge is 2.24. The smallest absolute Gasteiger partial charge is 0.0324 e. The average molecular weight is 309 g/mol. The van der Waals surface area contributed by atoms with Gasteiger partial charge in [0.2, 0.25) is 0 Å². The van der Waals surface area contributed by atoms with Gasteiger partial charge in [0.15, 0.2) is 0 Å². The summed E-state index contributed by atoms with van der Waals surface area (Å²) in [7, 11) is 0. The van der Waals surface area contributed by atoms with E-state index in [-0.39, 0.29) is 0 Å². The maximum atomic E-state index is 3.68. The summed E-state index contributed by atoms with van der Waals surface area (Å²) in [6.45, 7) is 6.93. The Balaban J connectivity index is 1.99. The van der Waals surface area contributed by atoms with Crippen LogP contribution in [0.3, 0.4) is 0 Å². The molecule has 0 bridgehead atoms. The van der Waals surface area contributed by atoms with E-state index in [0.29, 0.717) is 6.04 Å². The molecule has 1 aromatic carbocycles. The van der Waals surface area contributed by atoms with Gasteiger partial charge >= 0.3 is 0 Å². The third-order valence-corrected chi connectivity index (χ3v) is 4.76. The van der Waals surface area contributed by atoms with Crippen LogP contribution in [-0.4, -0.2) is 24.5 Å². The van der Waals surface area contributed by atoms with Crippen molar-refractivity contribution < 1.29 is 0 Å². The van der Waals surface area contributed by atoms with Gasteiger partial charge in [-0.2, -0.15) is 0 Å². The first kappa shape index (κ1) is 12.6. The lowest BCUT2D eigenvalue weighted by molar-refractivity contribution is 0.266. The van der Waals surface area contributed by atoms with Crippen molar-refractivity contribution in [3.63, 3.8) is 0 Å². The average Bonchev–Trinajstić information content (AvgIpc) is 2.91. The van der Waals surface area contributed by atoms with E-state index in [1.807, 2.05) is 0 Å². The van der Waals surface area contributed by atoms with Gasteiger partial charge in [-0.15, -0.1) is 0 Å². The van der Waals surface area contributed by atoms with E-state index in [9.17, 15) is 0 Å². The van der Waals surface area contributed by atoms with Crippen LogP contribution >= 0.6 is 15.9 Å². The van der Waals surface area contributed by atoms with E-state index in [1.54, 1.807) is 11.1 Å². The fourth-order valence-corrected chi connectivity index (χ4v) is 3.77. The van der Waals surface area contributed by atoms with Gasteiger partial charge in [-0.25, -0.2) is 0 Å². The van der Waals surface area contributed by atoms with Crippen molar-refractivity contribution in [1.82, 2.24) is 10.2 Å². The molecular formula is C15H21BrN2. The predicted molar refractivity (Wildman–Crippen MR) is 78.8 cm³/mol. The second-order valence-electron chi connectivity index (χ2n) is 5.40. The highest BCUT2D eigenvalue weighted by atomic mass is 79.9. The lowest BCUT2D eigenvalue weighted by Gasteiger charge is -2.31. The Morgan fingerprint density at radius 1 is 1.44 bits per heavy atom. The van der Waals surface area contributed by atoms with Crippen LogP contribution in [-0.2, 0) is 13.0 Å². The quantitative estimate of drug-likeness (QED) is 0.902. The molecule has 1 N–H and O–H groups in total. The lowest BCUT2D eigenvalue weighted by Crippen LogP contribution is -2.32. The number of hydrogen-bond donors (Lipinski definition) is 1. The van der Waals surface area contributed by atoms with Crippen LogP contribution in [0.5, 0.6) is 0 Å². The first-order valence-corrected chi connectivity index (χ1v) is 7.84. The number of nitrogens with zero attached hydrogens (tertiary/aromatic N) is 1. The van der Waals surface area contributed by atoms with E-state index in [0.717, 1.165) is 13.1 Å². The van der Waals surface area contributed by atoms with Gasteiger partial charge in [0.05, 0.1) is 0 Å². The molecule has 2 aliphatic rings. The number of fused-ring (bicyclic) bond motifs is 1. The van der Waals surface area contributed by atoms with Gasteiger partial charge in [-0.1, -0.05) is 22.9 Å². The SMILES string of the molecule is CCN1CCc2cc(Br)cc([C@@H]3CCCN3)c2C1. The summed E-state index contributed by atoms with van der Waals surface area (Å²) in [6, 6.07) is 5.23. The maximum absolute atomic E-state index is 3.68. The summed E-state index contributed by atoms with van der Waals surface area (Å²) in [5, 5.41) is 3.64. The van der Waals surface area contributed by atoms with Crippen LogP contribution in [0.25, 0.3) is 0 Å². The molecule has 1 atom stereocenters. The van der Waals surface area contributed by atoms with Gasteiger partial charge in [0.25, 0.3) is 0 Å². The van der Waals surface area contributed by atoms with Crippen LogP contribution in [0.4, 0.5) is 0 Å². The molecule has 0 spiro atoms. The predicted octanol–water partition coefficient (Wildman–Crippen LogP) is 3.25. The highest BCUT2D eigenvalue weighted by Crippen LogP contribution is 2.33. The largest absolute Gasteiger partial charge is 0.310 e. The summed E-state index contributed by atoms with van der Waals surface area (Å²) < 4.78 is 1.25. The number of nitrogens with one attached hydrogen (secondary N) is 1. The summed E-state index contributed by atoms with van der Waals surface area (Å²) in [5.41, 5.74) is 4.68. The van der Waals surface area contributed by atoms with Gasteiger partial charge < -0.3 is 5.32 Å². The molecule has 2 nitrogen and oxygen atoms in total. The normalized spacial score (nSPS) is 24.2. The molecule has 0 aromatic heterocycles. The van der Waals surface area contributed by atoms with Crippen LogP contribution in [0.15, 0.2) is 16.6 Å². The van der Waals surface area contributed by atoms with E-state index in [1.165, 1.54) is 42.4 Å². The number of hydrogen-bond acceptors (Lipinski definition) is 2. The fraction of sp³-hybridized carbons (Fsp3) is 0.600. The topological polar surface area (TPSA) is 15.3 Å². The second kappa shape index (κ2) is 5.32. The van der Waals surface area contributed by atoms with Gasteiger partial charge in [0, 0.05) is 23.6 Å². The van der Waals surface area contributed by atoms with E-state index in [4.69, 9.17) is 0 Å². The van der Waals surface area contributed by atoms with Gasteiger partial charge in [-0.05, 0) is 61.2 Å². The number of halogens is 1. The minimum atomic E-state index is 0.577. The maximum Gasteiger partial charge on any atom is 0.0324 e. The molecule has 2 aliphatic heterocycles. The molecule has 3 heteroatoms. The van der Waals surface area contributed by atoms with E-state index >= 15 is 0 Å². The zero-order valence-electron chi connectivity index (χ0n) is 11.0. The molecule has 18 heavy (non-hydrogen) atoms. The zero-order chi connectivity index (χ0) is 12.5. The molecule has 1 saturated heterocycles. The molecule has 98 valence electrons. The third-order valence-electron chi connectivity index (χ3n) is 4.30. The molecular weight excluding hydrogens is 288 g/mol. The number of likely N-dealkylation sites (N-methyl/N-ethyl adjacent to an activating group) is 1. The van der Waals surface area contributed by atoms with Crippen molar-refractivity contribution in [2.45, 2.75) is 38.8 Å². The number of benzene rings is 1. The van der Waals surface area contributed by atoms with Crippen molar-refractivity contribution in [3.8, 4) is 0 Å². The molecule has 0 radical (unpaired) electrons. The van der Waals surface area contributed by atoms with Crippen molar-refractivity contribution in [2.24, 2.45) is 0 Å². The molecule has 0 amide bonds. The first-order valence-electron chi connectivity index (χ1n) is 7.05. The highest BCUT2D eigenvalue weighted by molar-refractivity contribution is 9.10. The van der Waals surface area contributed by atoms with Crippen molar-refractivity contribution >= 4 is 15.9 Å². The van der Waals surface area contributed by atoms with Crippen LogP contribution < -0.4 is 5.32 Å². The molecule has 0 unspecified atom stereocenters. The van der Waals surface area contributed by atoms with Crippen molar-refractivity contribution in [1.29, 1.82) is 0 Å². The molecule has 3 rings (SSSR count). The summed E-state index contributed by atoms with van der Waals surface area (Å²) in [5.74, 6) is 0. The monoisotopic (exact) mass is 308 g/mol. The Kier molecular flexibility index (Phi) is 3.73. The Morgan fingerprint density at radius 3 is 3.06 bits per heavy atom. The second-order valence-corrected chi connectivity index (χ2v) is 6.32. The van der Waals surface area contributed by atoms with Gasteiger partial charge in [-0.3, -0.25) is 4.90 Å². The Morgan fingerprint density at radius 2 is 2.33 bits per heavy atom. The number of rotatable bonds is 2. The third kappa shape index (κ3) is 2.36. The molecule has 2 heterocycles. The minimum absolute atomic E-state index is 0.577. The van der Waals surface area contributed by atoms with Crippen molar-refractivity contribution in [2.75, 3.05) is 19.6 Å². The fourth-order valence-electron chi connectivity index (χ4n) is 3.24. The summed E-state index contributed by atoms with van der Waals surface area (Å²) in [6.07, 6.45) is 3.79. The van der Waals surface area contributed by atoms with Crippen LogP contribution in [0.1, 0.15) is 42.5 Å². The Labute approximate surface area is 118 Å². The zero-order valence-corrected chi connectivity index (χ0v) is 12.6. The van der Waals surface area contributed by atoms with E-state index < -0.39 is 0 Å². The van der Waals surface area contributed by atoms with Crippen molar-refractivity contribution in [3.05, 3.63) is 33.3 Å². The summed E-state index contributed by atoms with van der Waals surface area (Å²) in [4.78, 5) is 2.55. The van der Waals surface area contributed by atoms with Crippen LogP contribution in [0, 0.1) is 0 Å². The lowest BCUT2D eigenvalue weighted by atomic mass is 9.90. The standard InChI is InChI=1S/C15H21BrN2/c1-2-18-7-5-11-8-12(16)9-13(14(11)10-18)15-4-3-6-17-15/h8-9,15,17H,2-7,10H2,1H3/t15-/m0/s1. The molecule has 1 aromatic rings. The van der Waals surface area contributed by atoms with Gasteiger partial charge in [0.1, 0.15) is 0 Å². The Hall–Kier alpha value is -0.380. The summed E-state index contributed by atoms with van der Waals surface area (Å²) >= 11 is 3.68. The molecule has 0 aliphatic carbocycles. The van der Waals surface area contributed by atoms with E-state index in [2.05, 4.69) is 45.2 Å². The molecule has 1 fully saturated rings. The molecule has 0 saturated carbocycles. The van der Waals surface area contributed by atoms with Crippen LogP contribution in [0.2, 0.25) is 0 Å². The Bertz CT molecular complexity index is 438.